The van der Waals surface area contributed by atoms with E-state index in [9.17, 15) is 13.2 Å². The van der Waals surface area contributed by atoms with E-state index in [1.807, 2.05) is 44.2 Å². The first-order valence-electron chi connectivity index (χ1n) is 9.90. The molecule has 7 nitrogen and oxygen atoms in total. The predicted octanol–water partition coefficient (Wildman–Crippen LogP) is 3.56. The molecule has 164 valence electrons. The molecule has 2 aromatic rings. The summed E-state index contributed by atoms with van der Waals surface area (Å²) in [5.74, 6) is 0.884. The molecule has 2 aromatic carbocycles. The highest BCUT2D eigenvalue weighted by atomic mass is 32.2. The van der Waals surface area contributed by atoms with Gasteiger partial charge in [0.15, 0.2) is 0 Å². The molecular formula is C22H30N2O5S. The Morgan fingerprint density at radius 2 is 1.60 bits per heavy atom. The fraction of sp³-hybridized carbons (Fsp3) is 0.409. The highest BCUT2D eigenvalue weighted by Gasteiger charge is 2.28. The van der Waals surface area contributed by atoms with Crippen LogP contribution in [0.15, 0.2) is 54.6 Å². The number of sulfonamides is 1. The summed E-state index contributed by atoms with van der Waals surface area (Å²) in [4.78, 5) is 12.5. The van der Waals surface area contributed by atoms with Crippen LogP contribution in [-0.4, -0.2) is 45.9 Å². The summed E-state index contributed by atoms with van der Waals surface area (Å²) in [6.07, 6.45) is 1.87. The fourth-order valence-corrected chi connectivity index (χ4v) is 4.02. The highest BCUT2D eigenvalue weighted by Crippen LogP contribution is 2.26. The van der Waals surface area contributed by atoms with Gasteiger partial charge in [-0.1, -0.05) is 18.2 Å². The second kappa shape index (κ2) is 11.0. The van der Waals surface area contributed by atoms with Crippen molar-refractivity contribution in [3.8, 4) is 11.5 Å². The summed E-state index contributed by atoms with van der Waals surface area (Å²) in [7, 11) is -3.67. The number of hydrogen-bond donors (Lipinski definition) is 1. The van der Waals surface area contributed by atoms with Gasteiger partial charge in [-0.25, -0.2) is 8.42 Å². The van der Waals surface area contributed by atoms with Crippen molar-refractivity contribution in [1.29, 1.82) is 0 Å². The number of amides is 1. The zero-order valence-corrected chi connectivity index (χ0v) is 18.7. The highest BCUT2D eigenvalue weighted by molar-refractivity contribution is 7.92. The maximum atomic E-state index is 12.5. The van der Waals surface area contributed by atoms with E-state index in [1.54, 1.807) is 31.2 Å². The number of rotatable bonds is 11. The molecule has 0 aliphatic rings. The Labute approximate surface area is 179 Å². The predicted molar refractivity (Wildman–Crippen MR) is 118 cm³/mol. The molecule has 0 heterocycles. The first-order valence-corrected chi connectivity index (χ1v) is 11.7. The zero-order valence-electron chi connectivity index (χ0n) is 17.9. The summed E-state index contributed by atoms with van der Waals surface area (Å²) in [5, 5.41) is 2.77. The van der Waals surface area contributed by atoms with Crippen molar-refractivity contribution in [1.82, 2.24) is 5.32 Å². The summed E-state index contributed by atoms with van der Waals surface area (Å²) >= 11 is 0. The van der Waals surface area contributed by atoms with Crippen LogP contribution in [0.4, 0.5) is 5.69 Å². The molecule has 1 N–H and O–H groups in total. The van der Waals surface area contributed by atoms with E-state index >= 15 is 0 Å². The third-order valence-electron chi connectivity index (χ3n) is 4.23. The Balaban J connectivity index is 2.05. The molecule has 0 radical (unpaired) electrons. The summed E-state index contributed by atoms with van der Waals surface area (Å²) in [5.41, 5.74) is 0.392. The smallest absolute Gasteiger partial charge is 0.243 e. The molecule has 0 aromatic heterocycles. The number of anilines is 1. The number of nitrogens with one attached hydrogen (secondary N) is 1. The third-order valence-corrected chi connectivity index (χ3v) is 5.47. The molecule has 0 aliphatic carbocycles. The van der Waals surface area contributed by atoms with E-state index in [0.29, 0.717) is 36.8 Å². The number of ether oxygens (including phenoxy) is 2. The number of benzene rings is 2. The van der Waals surface area contributed by atoms with Gasteiger partial charge < -0.3 is 14.8 Å². The van der Waals surface area contributed by atoms with Crippen molar-refractivity contribution < 1.29 is 22.7 Å². The van der Waals surface area contributed by atoms with Crippen LogP contribution in [0.3, 0.4) is 0 Å². The monoisotopic (exact) mass is 434 g/mol. The van der Waals surface area contributed by atoms with Crippen molar-refractivity contribution in [2.75, 3.05) is 23.7 Å². The van der Waals surface area contributed by atoms with Crippen LogP contribution in [0.25, 0.3) is 0 Å². The van der Waals surface area contributed by atoms with E-state index in [0.717, 1.165) is 10.6 Å². The van der Waals surface area contributed by atoms with Crippen LogP contribution in [0, 0.1) is 0 Å². The normalized spacial score (nSPS) is 12.4. The largest absolute Gasteiger partial charge is 0.457 e. The van der Waals surface area contributed by atoms with E-state index in [-0.39, 0.29) is 12.0 Å². The average molecular weight is 435 g/mol. The maximum Gasteiger partial charge on any atom is 0.243 e. The van der Waals surface area contributed by atoms with E-state index in [2.05, 4.69) is 5.32 Å². The number of para-hydroxylation sites is 1. The minimum absolute atomic E-state index is 0.134. The Morgan fingerprint density at radius 3 is 2.17 bits per heavy atom. The van der Waals surface area contributed by atoms with Gasteiger partial charge in [0.25, 0.3) is 0 Å². The van der Waals surface area contributed by atoms with E-state index in [4.69, 9.17) is 9.47 Å². The SMILES string of the molecule is CC(C)OCCCNC(=O)[C@@H](C)N(c1ccc(Oc2ccccc2)cc1)S(C)(=O)=O. The third kappa shape index (κ3) is 7.35. The Kier molecular flexibility index (Phi) is 8.68. The first-order chi connectivity index (χ1) is 14.2. The fourth-order valence-electron chi connectivity index (χ4n) is 2.85. The lowest BCUT2D eigenvalue weighted by molar-refractivity contribution is -0.121. The molecule has 0 spiro atoms. The summed E-state index contributed by atoms with van der Waals surface area (Å²) in [6, 6.07) is 15.0. The lowest BCUT2D eigenvalue weighted by Crippen LogP contribution is -2.48. The van der Waals surface area contributed by atoms with Crippen LogP contribution in [-0.2, 0) is 19.6 Å². The van der Waals surface area contributed by atoms with Gasteiger partial charge in [0.05, 0.1) is 18.0 Å². The lowest BCUT2D eigenvalue weighted by Gasteiger charge is -2.28. The Morgan fingerprint density at radius 1 is 1.00 bits per heavy atom. The van der Waals surface area contributed by atoms with Crippen LogP contribution in [0.2, 0.25) is 0 Å². The van der Waals surface area contributed by atoms with Gasteiger partial charge in [0.2, 0.25) is 15.9 Å². The Hall–Kier alpha value is -2.58. The first kappa shape index (κ1) is 23.7. The second-order valence-corrected chi connectivity index (χ2v) is 9.07. The maximum absolute atomic E-state index is 12.5. The molecule has 0 unspecified atom stereocenters. The second-order valence-electron chi connectivity index (χ2n) is 7.21. The van der Waals surface area contributed by atoms with Crippen molar-refractivity contribution >= 4 is 21.6 Å². The van der Waals surface area contributed by atoms with E-state index < -0.39 is 16.1 Å². The molecule has 30 heavy (non-hydrogen) atoms. The number of carbonyl (C=O) groups is 1. The van der Waals surface area contributed by atoms with Crippen molar-refractivity contribution in [2.24, 2.45) is 0 Å². The average Bonchev–Trinajstić information content (AvgIpc) is 2.68. The molecule has 2 rings (SSSR count). The van der Waals surface area contributed by atoms with Crippen molar-refractivity contribution in [3.63, 3.8) is 0 Å². The molecule has 0 fully saturated rings. The van der Waals surface area contributed by atoms with Crippen LogP contribution >= 0.6 is 0 Å². The van der Waals surface area contributed by atoms with Gasteiger partial charge in [-0.3, -0.25) is 9.10 Å². The number of hydrogen-bond acceptors (Lipinski definition) is 5. The van der Waals surface area contributed by atoms with Crippen molar-refractivity contribution in [2.45, 2.75) is 39.3 Å². The Bertz CT molecular complexity index is 899. The van der Waals surface area contributed by atoms with Gasteiger partial charge in [0.1, 0.15) is 17.5 Å². The van der Waals surface area contributed by atoms with Gasteiger partial charge in [-0.15, -0.1) is 0 Å². The molecule has 0 bridgehead atoms. The summed E-state index contributed by atoms with van der Waals surface area (Å²) < 4.78 is 37.1. The molecule has 1 atom stereocenters. The number of nitrogens with zero attached hydrogens (tertiary/aromatic N) is 1. The lowest BCUT2D eigenvalue weighted by atomic mass is 10.2. The molecule has 0 saturated carbocycles. The number of carbonyl (C=O) groups excluding carboxylic acids is 1. The van der Waals surface area contributed by atoms with E-state index in [1.165, 1.54) is 0 Å². The minimum Gasteiger partial charge on any atom is -0.457 e. The quantitative estimate of drug-likeness (QED) is 0.547. The minimum atomic E-state index is -3.67. The van der Waals surface area contributed by atoms with Crippen LogP contribution < -0.4 is 14.4 Å². The van der Waals surface area contributed by atoms with Crippen molar-refractivity contribution in [3.05, 3.63) is 54.6 Å². The molecule has 1 amide bonds. The van der Waals surface area contributed by atoms with Crippen LogP contribution in [0.5, 0.6) is 11.5 Å². The van der Waals surface area contributed by atoms with Gasteiger partial charge in [0, 0.05) is 13.2 Å². The standard InChI is InChI=1S/C22H30N2O5S/c1-17(2)28-16-8-15-23-22(25)18(3)24(30(4,26)27)19-11-13-21(14-12-19)29-20-9-6-5-7-10-20/h5-7,9-14,17-18H,8,15-16H2,1-4H3,(H,23,25)/t18-/m1/s1. The summed E-state index contributed by atoms with van der Waals surface area (Å²) in [6.45, 7) is 6.40. The molecule has 8 heteroatoms. The van der Waals surface area contributed by atoms with Crippen LogP contribution in [0.1, 0.15) is 27.2 Å². The zero-order chi connectivity index (χ0) is 22.1. The van der Waals surface area contributed by atoms with Gasteiger partial charge in [-0.2, -0.15) is 0 Å². The van der Waals surface area contributed by atoms with Gasteiger partial charge >= 0.3 is 0 Å². The van der Waals surface area contributed by atoms with Gasteiger partial charge in [-0.05, 0) is 63.6 Å². The molecular weight excluding hydrogens is 404 g/mol. The molecule has 0 saturated heterocycles. The topological polar surface area (TPSA) is 84.9 Å². The molecule has 0 aliphatic heterocycles.